The third kappa shape index (κ3) is 3.46. The second-order valence-electron chi connectivity index (χ2n) is 6.79. The van der Waals surface area contributed by atoms with Gasteiger partial charge < -0.3 is 11.1 Å². The monoisotopic (exact) mass is 383 g/mol. The minimum Gasteiger partial charge on any atom is -0.364 e. The number of nitrogens with two attached hydrogens (primary N) is 1. The van der Waals surface area contributed by atoms with Crippen molar-refractivity contribution in [1.82, 2.24) is 19.9 Å². The van der Waals surface area contributed by atoms with Gasteiger partial charge in [-0.2, -0.15) is 5.10 Å². The Bertz CT molecular complexity index is 916. The Balaban J connectivity index is 1.53. The molecule has 0 spiro atoms. The largest absolute Gasteiger partial charge is 0.522 e. The lowest BCUT2D eigenvalue weighted by Gasteiger charge is -2.35. The third-order valence-electron chi connectivity index (χ3n) is 4.72. The van der Waals surface area contributed by atoms with Gasteiger partial charge in [0.05, 0.1) is 17.4 Å². The van der Waals surface area contributed by atoms with Crippen LogP contribution in [0.2, 0.25) is 0 Å². The zero-order valence-electron chi connectivity index (χ0n) is 14.0. The van der Waals surface area contributed by atoms with Gasteiger partial charge in [0.25, 0.3) is 11.8 Å². The second-order valence-corrected chi connectivity index (χ2v) is 6.79. The van der Waals surface area contributed by atoms with Crippen LogP contribution in [0.1, 0.15) is 58.1 Å². The lowest BCUT2D eigenvalue weighted by atomic mass is 9.89. The summed E-state index contributed by atoms with van der Waals surface area (Å²) < 4.78 is 41.7. The Kier molecular flexibility index (Phi) is 4.06. The van der Waals surface area contributed by atoms with Crippen LogP contribution in [0.3, 0.4) is 0 Å². The maximum absolute atomic E-state index is 12.6. The molecule has 2 heterocycles. The summed E-state index contributed by atoms with van der Waals surface area (Å²) in [5.74, 6) is -1.06. The predicted molar refractivity (Wildman–Crippen MR) is 84.9 cm³/mol. The van der Waals surface area contributed by atoms with Gasteiger partial charge in [-0.1, -0.05) is 0 Å². The molecule has 2 aliphatic carbocycles. The minimum absolute atomic E-state index is 0.0704. The Morgan fingerprint density at radius 1 is 1.30 bits per heavy atom. The fourth-order valence-electron chi connectivity index (χ4n) is 3.25. The van der Waals surface area contributed by atoms with Crippen LogP contribution in [-0.2, 0) is 4.74 Å². The van der Waals surface area contributed by atoms with Crippen molar-refractivity contribution >= 4 is 17.5 Å². The number of aromatic nitrogens is 3. The smallest absolute Gasteiger partial charge is 0.364 e. The zero-order valence-corrected chi connectivity index (χ0v) is 14.0. The highest BCUT2D eigenvalue weighted by atomic mass is 19.4. The number of fused-ring (bicyclic) bond motifs is 1. The van der Waals surface area contributed by atoms with E-state index >= 15 is 0 Å². The fraction of sp³-hybridized carbons (Fsp3) is 0.500. The van der Waals surface area contributed by atoms with E-state index in [1.54, 1.807) is 0 Å². The lowest BCUT2D eigenvalue weighted by Crippen LogP contribution is -2.49. The number of rotatable bonds is 5. The second kappa shape index (κ2) is 6.19. The molecule has 144 valence electrons. The van der Waals surface area contributed by atoms with E-state index in [-0.39, 0.29) is 35.7 Å². The molecule has 0 aliphatic heterocycles. The van der Waals surface area contributed by atoms with Gasteiger partial charge in [-0.05, 0) is 31.7 Å². The summed E-state index contributed by atoms with van der Waals surface area (Å²) in [6.45, 7) is 0. The molecule has 27 heavy (non-hydrogen) atoms. The van der Waals surface area contributed by atoms with E-state index in [1.165, 1.54) is 16.8 Å². The lowest BCUT2D eigenvalue weighted by molar-refractivity contribution is -0.351. The van der Waals surface area contributed by atoms with Crippen molar-refractivity contribution in [2.45, 2.75) is 50.1 Å². The normalized spacial score (nSPS) is 22.5. The number of amides is 2. The number of halogens is 3. The molecule has 2 amide bonds. The molecule has 11 heteroatoms. The average Bonchev–Trinajstić information content (AvgIpc) is 3.30. The van der Waals surface area contributed by atoms with E-state index in [4.69, 9.17) is 5.73 Å². The van der Waals surface area contributed by atoms with Crippen molar-refractivity contribution in [3.05, 3.63) is 29.2 Å². The van der Waals surface area contributed by atoms with Crippen LogP contribution in [0.15, 0.2) is 12.3 Å². The molecule has 3 N–H and O–H groups in total. The molecule has 2 aliphatic rings. The first-order valence-electron chi connectivity index (χ1n) is 8.46. The summed E-state index contributed by atoms with van der Waals surface area (Å²) in [5, 5.41) is 6.73. The highest BCUT2D eigenvalue weighted by molar-refractivity contribution is 6.01. The Morgan fingerprint density at radius 3 is 2.59 bits per heavy atom. The van der Waals surface area contributed by atoms with Crippen LogP contribution in [0.25, 0.3) is 5.65 Å². The molecule has 4 rings (SSSR count). The number of nitrogens with zero attached hydrogens (tertiary/aromatic N) is 3. The van der Waals surface area contributed by atoms with Crippen molar-refractivity contribution in [3.8, 4) is 0 Å². The molecule has 0 atom stereocenters. The summed E-state index contributed by atoms with van der Waals surface area (Å²) >= 11 is 0. The number of nitrogens with one attached hydrogen (secondary N) is 1. The van der Waals surface area contributed by atoms with Gasteiger partial charge in [0.15, 0.2) is 11.3 Å². The first-order chi connectivity index (χ1) is 12.7. The van der Waals surface area contributed by atoms with E-state index < -0.39 is 30.3 Å². The van der Waals surface area contributed by atoms with Gasteiger partial charge >= 0.3 is 6.36 Å². The van der Waals surface area contributed by atoms with Crippen LogP contribution in [-0.4, -0.2) is 44.9 Å². The Hall–Kier alpha value is -2.69. The van der Waals surface area contributed by atoms with Crippen molar-refractivity contribution in [2.24, 2.45) is 5.73 Å². The quantitative estimate of drug-likeness (QED) is 0.813. The van der Waals surface area contributed by atoms with Gasteiger partial charge in [-0.15, -0.1) is 13.2 Å². The summed E-state index contributed by atoms with van der Waals surface area (Å²) in [7, 11) is 0. The standard InChI is InChI=1S/C16H16F3N5O3/c17-16(18,19)27-9-5-8(6-9)22-15(26)10-3-4-21-24-12(13(20)25)11(7-1-2-7)23-14(10)24/h3-4,7-9H,1-2,5-6H2,(H2,20,25)(H,22,26). The van der Waals surface area contributed by atoms with Gasteiger partial charge in [0.1, 0.15) is 0 Å². The minimum atomic E-state index is -4.68. The van der Waals surface area contributed by atoms with Crippen molar-refractivity contribution in [1.29, 1.82) is 0 Å². The van der Waals surface area contributed by atoms with Crippen molar-refractivity contribution in [3.63, 3.8) is 0 Å². The average molecular weight is 383 g/mol. The third-order valence-corrected chi connectivity index (χ3v) is 4.72. The van der Waals surface area contributed by atoms with Crippen LogP contribution in [0.5, 0.6) is 0 Å². The van der Waals surface area contributed by atoms with Crippen molar-refractivity contribution < 1.29 is 27.5 Å². The molecule has 0 bridgehead atoms. The number of hydrogen-bond donors (Lipinski definition) is 2. The van der Waals surface area contributed by atoms with Gasteiger partial charge in [-0.25, -0.2) is 9.50 Å². The molecule has 0 unspecified atom stereocenters. The highest BCUT2D eigenvalue weighted by Crippen LogP contribution is 2.41. The topological polar surface area (TPSA) is 112 Å². The molecule has 8 nitrogen and oxygen atoms in total. The van der Waals surface area contributed by atoms with E-state index in [1.807, 2.05) is 0 Å². The first kappa shape index (κ1) is 17.7. The number of imidazole rings is 1. The summed E-state index contributed by atoms with van der Waals surface area (Å²) in [5.41, 5.74) is 6.51. The number of primary amides is 1. The number of carbonyl (C=O) groups is 2. The van der Waals surface area contributed by atoms with Gasteiger partial charge in [0.2, 0.25) is 0 Å². The zero-order chi connectivity index (χ0) is 19.3. The Labute approximate surface area is 150 Å². The number of ether oxygens (including phenoxy) is 1. The molecule has 2 fully saturated rings. The molecule has 2 aromatic heterocycles. The van der Waals surface area contributed by atoms with E-state index in [9.17, 15) is 22.8 Å². The summed E-state index contributed by atoms with van der Waals surface area (Å²) in [6, 6.07) is 1.02. The summed E-state index contributed by atoms with van der Waals surface area (Å²) in [6.07, 6.45) is -2.38. The van der Waals surface area contributed by atoms with E-state index in [0.29, 0.717) is 5.69 Å². The van der Waals surface area contributed by atoms with Crippen LogP contribution in [0.4, 0.5) is 13.2 Å². The van der Waals surface area contributed by atoms with Crippen LogP contribution in [0, 0.1) is 0 Å². The molecule has 0 saturated heterocycles. The van der Waals surface area contributed by atoms with Crippen LogP contribution >= 0.6 is 0 Å². The van der Waals surface area contributed by atoms with Gasteiger partial charge in [0, 0.05) is 18.2 Å². The molecule has 2 aromatic rings. The molecular formula is C16H16F3N5O3. The molecule has 0 radical (unpaired) electrons. The van der Waals surface area contributed by atoms with Crippen molar-refractivity contribution in [2.75, 3.05) is 0 Å². The first-order valence-corrected chi connectivity index (χ1v) is 8.46. The maximum Gasteiger partial charge on any atom is 0.522 e. The SMILES string of the molecule is NC(=O)c1c(C2CC2)nc2c(C(=O)NC3CC(OC(F)(F)F)C3)ccnn12. The maximum atomic E-state index is 12.6. The van der Waals surface area contributed by atoms with E-state index in [0.717, 1.165) is 12.8 Å². The summed E-state index contributed by atoms with van der Waals surface area (Å²) in [4.78, 5) is 28.8. The molecule has 2 saturated carbocycles. The van der Waals surface area contributed by atoms with E-state index in [2.05, 4.69) is 20.1 Å². The number of alkyl halides is 3. The number of hydrogen-bond acceptors (Lipinski definition) is 5. The molecule has 0 aromatic carbocycles. The highest BCUT2D eigenvalue weighted by Gasteiger charge is 2.41. The Morgan fingerprint density at radius 2 is 2.00 bits per heavy atom. The van der Waals surface area contributed by atoms with Crippen LogP contribution < -0.4 is 11.1 Å². The fourth-order valence-corrected chi connectivity index (χ4v) is 3.25. The van der Waals surface area contributed by atoms with Gasteiger partial charge in [-0.3, -0.25) is 14.3 Å². The predicted octanol–water partition coefficient (Wildman–Crippen LogP) is 1.50. The number of carbonyl (C=O) groups excluding carboxylic acids is 2. The molecular weight excluding hydrogens is 367 g/mol.